The van der Waals surface area contributed by atoms with Crippen LogP contribution in [0.2, 0.25) is 0 Å². The third-order valence-electron chi connectivity index (χ3n) is 3.64. The summed E-state index contributed by atoms with van der Waals surface area (Å²) in [6, 6.07) is 0. The molecule has 0 heterocycles. The van der Waals surface area contributed by atoms with Crippen molar-refractivity contribution in [1.82, 2.24) is 0 Å². The monoisotopic (exact) mass is 328 g/mol. The van der Waals surface area contributed by atoms with E-state index < -0.39 is 18.0 Å². The minimum atomic E-state index is -0.983. The second-order valence-corrected chi connectivity index (χ2v) is 5.95. The summed E-state index contributed by atoms with van der Waals surface area (Å²) in [5, 5.41) is 18.6. The number of carbonyl (C=O) groups excluding carboxylic acids is 1. The highest BCUT2D eigenvalue weighted by Crippen LogP contribution is 2.13. The van der Waals surface area contributed by atoms with Crippen molar-refractivity contribution >= 4 is 11.9 Å². The van der Waals surface area contributed by atoms with Crippen molar-refractivity contribution in [3.8, 4) is 0 Å². The summed E-state index contributed by atoms with van der Waals surface area (Å²) in [4.78, 5) is 22.6. The van der Waals surface area contributed by atoms with Crippen LogP contribution in [0, 0.1) is 0 Å². The number of esters is 1. The van der Waals surface area contributed by atoms with Gasteiger partial charge in [-0.25, -0.2) is 4.79 Å². The van der Waals surface area contributed by atoms with E-state index in [1.165, 1.54) is 6.42 Å². The van der Waals surface area contributed by atoms with Crippen molar-refractivity contribution in [2.45, 2.75) is 90.6 Å². The Morgan fingerprint density at radius 3 is 2.17 bits per heavy atom. The summed E-state index contributed by atoms with van der Waals surface area (Å²) in [5.74, 6) is -1.63. The van der Waals surface area contributed by atoms with E-state index in [1.807, 2.05) is 0 Å². The Morgan fingerprint density at radius 1 is 0.957 bits per heavy atom. The number of allylic oxidation sites excluding steroid dienone is 1. The van der Waals surface area contributed by atoms with Crippen molar-refractivity contribution in [1.29, 1.82) is 0 Å². The Kier molecular flexibility index (Phi) is 13.2. The van der Waals surface area contributed by atoms with Crippen LogP contribution in [0.15, 0.2) is 11.8 Å². The zero-order valence-electron chi connectivity index (χ0n) is 14.6. The second kappa shape index (κ2) is 14.1. The molecule has 0 aliphatic rings. The summed E-state index contributed by atoms with van der Waals surface area (Å²) in [5.41, 5.74) is 0. The molecule has 0 amide bonds. The van der Waals surface area contributed by atoms with E-state index in [0.717, 1.165) is 51.0 Å². The van der Waals surface area contributed by atoms with Crippen LogP contribution in [0.3, 0.4) is 0 Å². The summed E-state index contributed by atoms with van der Waals surface area (Å²) in [6.07, 6.45) is 9.42. The number of rotatable bonds is 14. The molecule has 0 aromatic heterocycles. The van der Waals surface area contributed by atoms with Gasteiger partial charge < -0.3 is 14.9 Å². The van der Waals surface area contributed by atoms with Crippen molar-refractivity contribution in [2.75, 3.05) is 0 Å². The highest BCUT2D eigenvalue weighted by atomic mass is 16.5. The standard InChI is InChI=1S/C18H32O5/c1-3-5-7-8-10-11-15(19)13-18(22)23-16(14-17(20)21)12-9-6-4-2/h13,16,19H,3-12,14H2,1-2H3,(H,20,21). The Hall–Kier alpha value is -1.52. The molecule has 0 aliphatic carbocycles. The van der Waals surface area contributed by atoms with E-state index in [9.17, 15) is 14.7 Å². The number of unbranched alkanes of at least 4 members (excludes halogenated alkanes) is 6. The first-order valence-electron chi connectivity index (χ1n) is 8.81. The van der Waals surface area contributed by atoms with Crippen LogP contribution in [-0.2, 0) is 14.3 Å². The lowest BCUT2D eigenvalue weighted by Gasteiger charge is -2.15. The first-order valence-corrected chi connectivity index (χ1v) is 8.81. The van der Waals surface area contributed by atoms with E-state index in [-0.39, 0.29) is 12.2 Å². The molecule has 5 heteroatoms. The molecule has 0 saturated heterocycles. The Labute approximate surface area is 139 Å². The highest BCUT2D eigenvalue weighted by molar-refractivity contribution is 5.82. The minimum Gasteiger partial charge on any atom is -0.512 e. The van der Waals surface area contributed by atoms with Crippen molar-refractivity contribution in [3.05, 3.63) is 11.8 Å². The average Bonchev–Trinajstić information content (AvgIpc) is 2.46. The predicted octanol–water partition coefficient (Wildman–Crippen LogP) is 4.76. The highest BCUT2D eigenvalue weighted by Gasteiger charge is 2.17. The maximum atomic E-state index is 11.8. The molecular weight excluding hydrogens is 296 g/mol. The van der Waals surface area contributed by atoms with Gasteiger partial charge in [-0.1, -0.05) is 52.4 Å². The minimum absolute atomic E-state index is 0.00846. The normalized spacial score (nSPS) is 12.9. The van der Waals surface area contributed by atoms with Gasteiger partial charge in [-0.05, 0) is 19.3 Å². The van der Waals surface area contributed by atoms with Crippen LogP contribution < -0.4 is 0 Å². The van der Waals surface area contributed by atoms with Gasteiger partial charge in [0.15, 0.2) is 0 Å². The second-order valence-electron chi connectivity index (χ2n) is 5.95. The van der Waals surface area contributed by atoms with Gasteiger partial charge in [0.2, 0.25) is 0 Å². The largest absolute Gasteiger partial charge is 0.512 e. The summed E-state index contributed by atoms with van der Waals surface area (Å²) in [7, 11) is 0. The molecule has 0 fully saturated rings. The third kappa shape index (κ3) is 13.8. The Morgan fingerprint density at radius 2 is 1.57 bits per heavy atom. The van der Waals surface area contributed by atoms with Crippen LogP contribution in [0.5, 0.6) is 0 Å². The molecule has 1 atom stereocenters. The summed E-state index contributed by atoms with van der Waals surface area (Å²) < 4.78 is 5.17. The zero-order chi connectivity index (χ0) is 17.5. The van der Waals surface area contributed by atoms with Crippen LogP contribution in [0.1, 0.15) is 84.5 Å². The van der Waals surface area contributed by atoms with Crippen molar-refractivity contribution in [2.24, 2.45) is 0 Å². The number of carboxylic acids is 1. The maximum absolute atomic E-state index is 11.8. The number of aliphatic carboxylic acids is 1. The molecule has 0 bridgehead atoms. The lowest BCUT2D eigenvalue weighted by Crippen LogP contribution is -2.21. The lowest BCUT2D eigenvalue weighted by molar-refractivity contribution is -0.148. The van der Waals surface area contributed by atoms with Gasteiger partial charge in [0, 0.05) is 6.42 Å². The molecule has 0 rings (SSSR count). The van der Waals surface area contributed by atoms with E-state index in [4.69, 9.17) is 9.84 Å². The van der Waals surface area contributed by atoms with Gasteiger partial charge in [-0.15, -0.1) is 0 Å². The van der Waals surface area contributed by atoms with Crippen LogP contribution >= 0.6 is 0 Å². The molecular formula is C18H32O5. The van der Waals surface area contributed by atoms with E-state index in [2.05, 4.69) is 13.8 Å². The molecule has 0 aromatic carbocycles. The number of hydrogen-bond donors (Lipinski definition) is 2. The average molecular weight is 328 g/mol. The topological polar surface area (TPSA) is 83.8 Å². The van der Waals surface area contributed by atoms with Crippen LogP contribution in [0.4, 0.5) is 0 Å². The molecule has 2 N–H and O–H groups in total. The van der Waals surface area contributed by atoms with Crippen LogP contribution in [0.25, 0.3) is 0 Å². The number of ether oxygens (including phenoxy) is 1. The van der Waals surface area contributed by atoms with Gasteiger partial charge in [0.25, 0.3) is 0 Å². The van der Waals surface area contributed by atoms with Crippen molar-refractivity contribution < 1.29 is 24.5 Å². The number of carboxylic acid groups (broad SMARTS) is 1. The van der Waals surface area contributed by atoms with Gasteiger partial charge in [-0.3, -0.25) is 4.79 Å². The molecule has 0 aliphatic heterocycles. The molecule has 0 saturated carbocycles. The fourth-order valence-corrected chi connectivity index (χ4v) is 2.34. The number of carbonyl (C=O) groups is 2. The molecule has 0 aromatic rings. The summed E-state index contributed by atoms with van der Waals surface area (Å²) >= 11 is 0. The number of aliphatic hydroxyl groups is 1. The summed E-state index contributed by atoms with van der Waals surface area (Å²) in [6.45, 7) is 4.20. The van der Waals surface area contributed by atoms with Crippen molar-refractivity contribution in [3.63, 3.8) is 0 Å². The molecule has 0 spiro atoms. The first-order chi connectivity index (χ1) is 11.0. The van der Waals surface area contributed by atoms with E-state index >= 15 is 0 Å². The fourth-order valence-electron chi connectivity index (χ4n) is 2.34. The fraction of sp³-hybridized carbons (Fsp3) is 0.778. The lowest BCUT2D eigenvalue weighted by atomic mass is 10.1. The van der Waals surface area contributed by atoms with Gasteiger partial charge in [0.05, 0.1) is 18.3 Å². The zero-order valence-corrected chi connectivity index (χ0v) is 14.6. The Bertz CT molecular complexity index is 362. The van der Waals surface area contributed by atoms with Crippen LogP contribution in [-0.4, -0.2) is 28.3 Å². The SMILES string of the molecule is CCCCCCCC(O)=CC(=O)OC(CCCCC)CC(=O)O. The van der Waals surface area contributed by atoms with E-state index in [1.54, 1.807) is 0 Å². The molecule has 1 unspecified atom stereocenters. The predicted molar refractivity (Wildman–Crippen MR) is 90.4 cm³/mol. The molecule has 0 radical (unpaired) electrons. The van der Waals surface area contributed by atoms with Gasteiger partial charge in [-0.2, -0.15) is 0 Å². The number of hydrogen-bond acceptors (Lipinski definition) is 4. The quantitative estimate of drug-likeness (QED) is 0.208. The smallest absolute Gasteiger partial charge is 0.334 e. The Balaban J connectivity index is 4.20. The molecule has 5 nitrogen and oxygen atoms in total. The third-order valence-corrected chi connectivity index (χ3v) is 3.64. The first kappa shape index (κ1) is 21.5. The molecule has 23 heavy (non-hydrogen) atoms. The van der Waals surface area contributed by atoms with E-state index in [0.29, 0.717) is 12.8 Å². The maximum Gasteiger partial charge on any atom is 0.334 e. The van der Waals surface area contributed by atoms with Gasteiger partial charge >= 0.3 is 11.9 Å². The number of aliphatic hydroxyl groups excluding tert-OH is 1. The molecule has 134 valence electrons. The van der Waals surface area contributed by atoms with Gasteiger partial charge in [0.1, 0.15) is 6.10 Å².